The molecule has 2 aromatic rings. The van der Waals surface area contributed by atoms with Crippen LogP contribution in [0.3, 0.4) is 0 Å². The minimum Gasteiger partial charge on any atom is -0.357 e. The molecule has 138 valence electrons. The summed E-state index contributed by atoms with van der Waals surface area (Å²) in [6.07, 6.45) is 2.77. The second-order valence-corrected chi connectivity index (χ2v) is 7.57. The molecule has 26 heavy (non-hydrogen) atoms. The smallest absolute Gasteiger partial charge is 0.244 e. The Morgan fingerprint density at radius 1 is 1.31 bits per heavy atom. The van der Waals surface area contributed by atoms with Crippen molar-refractivity contribution in [1.82, 2.24) is 20.5 Å². The fourth-order valence-electron chi connectivity index (χ4n) is 2.94. The summed E-state index contributed by atoms with van der Waals surface area (Å²) in [5.41, 5.74) is 2.58. The maximum Gasteiger partial charge on any atom is 0.244 e. The van der Waals surface area contributed by atoms with Crippen LogP contribution in [0.1, 0.15) is 27.9 Å². The van der Waals surface area contributed by atoms with E-state index in [0.29, 0.717) is 19.0 Å². The summed E-state index contributed by atoms with van der Waals surface area (Å²) in [5.74, 6) is 0.702. The number of amides is 1. The molecular weight excluding hydrogens is 346 g/mol. The van der Waals surface area contributed by atoms with Crippen molar-refractivity contribution in [2.45, 2.75) is 33.4 Å². The maximum atomic E-state index is 12.5. The monoisotopic (exact) mass is 371 g/mol. The Labute approximate surface area is 158 Å². The van der Waals surface area contributed by atoms with E-state index in [4.69, 9.17) is 0 Å². The van der Waals surface area contributed by atoms with Crippen LogP contribution in [0, 0.1) is 6.92 Å². The van der Waals surface area contributed by atoms with E-state index in [0.717, 1.165) is 24.5 Å². The van der Waals surface area contributed by atoms with Gasteiger partial charge < -0.3 is 15.5 Å². The van der Waals surface area contributed by atoms with Gasteiger partial charge in [-0.1, -0.05) is 24.3 Å². The van der Waals surface area contributed by atoms with Gasteiger partial charge in [0.05, 0.1) is 6.54 Å². The molecule has 1 aromatic heterocycles. The number of nitrogens with zero attached hydrogens (tertiary/aromatic N) is 3. The fourth-order valence-corrected chi connectivity index (χ4v) is 3.67. The molecule has 2 heterocycles. The van der Waals surface area contributed by atoms with Crippen molar-refractivity contribution in [2.24, 2.45) is 4.99 Å². The molecule has 0 aliphatic carbocycles. The van der Waals surface area contributed by atoms with Crippen LogP contribution in [0.4, 0.5) is 0 Å². The molecule has 0 bridgehead atoms. The van der Waals surface area contributed by atoms with Crippen molar-refractivity contribution in [3.63, 3.8) is 0 Å². The summed E-state index contributed by atoms with van der Waals surface area (Å²) in [6, 6.07) is 8.32. The Balaban J connectivity index is 1.56. The second kappa shape index (κ2) is 8.80. The van der Waals surface area contributed by atoms with Crippen LogP contribution in [0.5, 0.6) is 0 Å². The summed E-state index contributed by atoms with van der Waals surface area (Å²) in [6.45, 7) is 6.97. The van der Waals surface area contributed by atoms with E-state index in [-0.39, 0.29) is 12.5 Å². The summed E-state index contributed by atoms with van der Waals surface area (Å²) in [5, 5.41) is 7.43. The molecule has 1 amide bonds. The zero-order chi connectivity index (χ0) is 18.4. The standard InChI is InChI=1S/C19H25N5OS/c1-3-20-19(22-11-17-21-10-14(2)26-17)23-12-18(25)24-9-8-15-6-4-5-7-16(15)13-24/h4-7,10H,3,8-9,11-13H2,1-2H3,(H2,20,22,23). The molecule has 7 heteroatoms. The summed E-state index contributed by atoms with van der Waals surface area (Å²) in [7, 11) is 0. The molecule has 1 aliphatic heterocycles. The van der Waals surface area contributed by atoms with Crippen LogP contribution in [0.15, 0.2) is 35.5 Å². The zero-order valence-corrected chi connectivity index (χ0v) is 16.1. The predicted octanol–water partition coefficient (Wildman–Crippen LogP) is 2.09. The Kier molecular flexibility index (Phi) is 6.22. The molecule has 1 aromatic carbocycles. The van der Waals surface area contributed by atoms with Crippen LogP contribution in [0.25, 0.3) is 0 Å². The van der Waals surface area contributed by atoms with E-state index < -0.39 is 0 Å². The van der Waals surface area contributed by atoms with E-state index in [1.165, 1.54) is 16.0 Å². The summed E-state index contributed by atoms with van der Waals surface area (Å²) >= 11 is 1.66. The van der Waals surface area contributed by atoms with Gasteiger partial charge in [0.15, 0.2) is 5.96 Å². The van der Waals surface area contributed by atoms with Crippen molar-refractivity contribution in [3.05, 3.63) is 51.5 Å². The van der Waals surface area contributed by atoms with Crippen LogP contribution >= 0.6 is 11.3 Å². The largest absolute Gasteiger partial charge is 0.357 e. The van der Waals surface area contributed by atoms with Crippen LogP contribution in [-0.2, 0) is 24.3 Å². The lowest BCUT2D eigenvalue weighted by Crippen LogP contribution is -2.40. The molecule has 0 fully saturated rings. The molecule has 1 aliphatic rings. The van der Waals surface area contributed by atoms with E-state index >= 15 is 0 Å². The van der Waals surface area contributed by atoms with Crippen molar-refractivity contribution < 1.29 is 4.79 Å². The normalized spacial score (nSPS) is 14.1. The molecule has 2 N–H and O–H groups in total. The number of guanidine groups is 1. The number of carbonyl (C=O) groups is 1. The quantitative estimate of drug-likeness (QED) is 0.624. The second-order valence-electron chi connectivity index (χ2n) is 6.25. The molecule has 0 spiro atoms. The number of benzene rings is 1. The third kappa shape index (κ3) is 4.82. The van der Waals surface area contributed by atoms with Crippen molar-refractivity contribution >= 4 is 23.2 Å². The average Bonchev–Trinajstić information content (AvgIpc) is 3.08. The number of thiazole rings is 1. The molecule has 0 atom stereocenters. The Bertz CT molecular complexity index is 786. The number of aliphatic imine (C=N–C) groups is 1. The highest BCUT2D eigenvalue weighted by Gasteiger charge is 2.20. The Morgan fingerprint density at radius 2 is 2.12 bits per heavy atom. The number of aryl methyl sites for hydroxylation is 1. The van der Waals surface area contributed by atoms with Gasteiger partial charge in [-0.15, -0.1) is 11.3 Å². The lowest BCUT2D eigenvalue weighted by molar-refractivity contribution is -0.130. The van der Waals surface area contributed by atoms with Crippen LogP contribution in [-0.4, -0.2) is 41.4 Å². The molecule has 3 rings (SSSR count). The first-order valence-electron chi connectivity index (χ1n) is 8.93. The highest BCUT2D eigenvalue weighted by atomic mass is 32.1. The average molecular weight is 372 g/mol. The summed E-state index contributed by atoms with van der Waals surface area (Å²) < 4.78 is 0. The van der Waals surface area contributed by atoms with Crippen LogP contribution < -0.4 is 10.6 Å². The van der Waals surface area contributed by atoms with Crippen LogP contribution in [0.2, 0.25) is 0 Å². The van der Waals surface area contributed by atoms with Crippen molar-refractivity contribution in [3.8, 4) is 0 Å². The van der Waals surface area contributed by atoms with Gasteiger partial charge in [0.25, 0.3) is 0 Å². The van der Waals surface area contributed by atoms with E-state index in [2.05, 4.69) is 38.8 Å². The Morgan fingerprint density at radius 3 is 2.85 bits per heavy atom. The highest BCUT2D eigenvalue weighted by molar-refractivity contribution is 7.11. The lowest BCUT2D eigenvalue weighted by Gasteiger charge is -2.28. The first-order chi connectivity index (χ1) is 12.7. The number of hydrogen-bond donors (Lipinski definition) is 2. The van der Waals surface area contributed by atoms with Gasteiger partial charge in [-0.3, -0.25) is 4.79 Å². The molecule has 6 nitrogen and oxygen atoms in total. The molecule has 0 radical (unpaired) electrons. The van der Waals surface area contributed by atoms with Gasteiger partial charge in [0.2, 0.25) is 5.91 Å². The van der Waals surface area contributed by atoms with Gasteiger partial charge in [-0.05, 0) is 31.4 Å². The number of rotatable bonds is 5. The molecular formula is C19H25N5OS. The number of fused-ring (bicyclic) bond motifs is 1. The topological polar surface area (TPSA) is 69.6 Å². The Hall–Kier alpha value is -2.41. The fraction of sp³-hybridized carbons (Fsp3) is 0.421. The third-order valence-electron chi connectivity index (χ3n) is 4.28. The number of carbonyl (C=O) groups excluding carboxylic acids is 1. The molecule has 0 unspecified atom stereocenters. The minimum atomic E-state index is 0.0572. The SMILES string of the molecule is CCNC(=NCC(=O)N1CCc2ccccc2C1)NCc1ncc(C)s1. The lowest BCUT2D eigenvalue weighted by atomic mass is 10.00. The van der Waals surface area contributed by atoms with E-state index in [1.54, 1.807) is 11.3 Å². The molecule has 0 saturated carbocycles. The van der Waals surface area contributed by atoms with Crippen molar-refractivity contribution in [2.75, 3.05) is 19.6 Å². The van der Waals surface area contributed by atoms with Gasteiger partial charge in [0, 0.05) is 30.7 Å². The van der Waals surface area contributed by atoms with Gasteiger partial charge >= 0.3 is 0 Å². The summed E-state index contributed by atoms with van der Waals surface area (Å²) in [4.78, 5) is 24.4. The first-order valence-corrected chi connectivity index (χ1v) is 9.75. The highest BCUT2D eigenvalue weighted by Crippen LogP contribution is 2.18. The zero-order valence-electron chi connectivity index (χ0n) is 15.3. The predicted molar refractivity (Wildman–Crippen MR) is 105 cm³/mol. The number of nitrogens with one attached hydrogen (secondary N) is 2. The molecule has 0 saturated heterocycles. The van der Waals surface area contributed by atoms with E-state index in [9.17, 15) is 4.79 Å². The maximum absolute atomic E-state index is 12.5. The third-order valence-corrected chi connectivity index (χ3v) is 5.19. The minimum absolute atomic E-state index is 0.0572. The van der Waals surface area contributed by atoms with Gasteiger partial charge in [-0.25, -0.2) is 9.98 Å². The van der Waals surface area contributed by atoms with E-state index in [1.807, 2.05) is 31.0 Å². The first kappa shape index (κ1) is 18.4. The number of aromatic nitrogens is 1. The van der Waals surface area contributed by atoms with Gasteiger partial charge in [0.1, 0.15) is 11.6 Å². The number of hydrogen-bond acceptors (Lipinski definition) is 4. The van der Waals surface area contributed by atoms with Gasteiger partial charge in [-0.2, -0.15) is 0 Å². The van der Waals surface area contributed by atoms with Crippen molar-refractivity contribution in [1.29, 1.82) is 0 Å².